The average molecular weight is 385 g/mol. The number of hydrogen-bond acceptors (Lipinski definition) is 4. The first-order valence-corrected chi connectivity index (χ1v) is 9.63. The topological polar surface area (TPSA) is 120 Å². The molecule has 2 aromatic carbocycles. The Bertz CT molecular complexity index is 1130. The van der Waals surface area contributed by atoms with E-state index in [0.717, 1.165) is 41.4 Å². The van der Waals surface area contributed by atoms with Gasteiger partial charge >= 0.3 is 0 Å². The number of hydrogen-bond donors (Lipinski definition) is 3. The zero-order valence-corrected chi connectivity index (χ0v) is 16.0. The number of rotatable bonds is 5. The van der Waals surface area contributed by atoms with E-state index in [1.165, 1.54) is 0 Å². The third kappa shape index (κ3) is 3.82. The summed E-state index contributed by atoms with van der Waals surface area (Å²) in [5, 5.41) is 0.970. The third-order valence-corrected chi connectivity index (χ3v) is 5.24. The summed E-state index contributed by atoms with van der Waals surface area (Å²) in [6, 6.07) is 19.7. The lowest BCUT2D eigenvalue weighted by molar-refractivity contribution is -0.114. The van der Waals surface area contributed by atoms with E-state index in [-0.39, 0.29) is 23.1 Å². The zero-order valence-electron chi connectivity index (χ0n) is 16.0. The number of aliphatic imine (C=N–C) groups is 1. The molecule has 1 amide bonds. The summed E-state index contributed by atoms with van der Waals surface area (Å²) in [4.78, 5) is 21.2. The number of aromatic nitrogens is 1. The Balaban J connectivity index is 1.77. The van der Waals surface area contributed by atoms with Crippen molar-refractivity contribution in [2.24, 2.45) is 22.2 Å². The standard InChI is InChI=1S/C23H23N5O/c24-21(20(23(26)29)22(25)27-17-7-4-8-17)16-10-9-15-11-12-18(28-19(15)13-16)14-5-2-1-3-6-14/h1-3,5-6,9-13,17H,4,7-8,24H2,(H2,25,27)(H2,26,29)/b21-20+. The van der Waals surface area contributed by atoms with Gasteiger partial charge in [0.15, 0.2) is 0 Å². The maximum absolute atomic E-state index is 12.1. The highest BCUT2D eigenvalue weighted by Crippen LogP contribution is 2.25. The number of carbonyl (C=O) groups excluding carboxylic acids is 1. The van der Waals surface area contributed by atoms with E-state index >= 15 is 0 Å². The lowest BCUT2D eigenvalue weighted by Crippen LogP contribution is -2.31. The lowest BCUT2D eigenvalue weighted by Gasteiger charge is -2.22. The smallest absolute Gasteiger partial charge is 0.254 e. The molecule has 1 aliphatic rings. The number of carbonyl (C=O) groups is 1. The fourth-order valence-electron chi connectivity index (χ4n) is 3.37. The molecule has 29 heavy (non-hydrogen) atoms. The maximum atomic E-state index is 12.1. The second-order valence-corrected chi connectivity index (χ2v) is 7.22. The molecular formula is C23H23N5O. The summed E-state index contributed by atoms with van der Waals surface area (Å²) in [5.74, 6) is -0.583. The molecule has 4 rings (SSSR count). The minimum atomic E-state index is -0.686. The molecule has 1 heterocycles. The highest BCUT2D eigenvalue weighted by Gasteiger charge is 2.21. The van der Waals surface area contributed by atoms with Crippen molar-refractivity contribution in [3.63, 3.8) is 0 Å². The van der Waals surface area contributed by atoms with E-state index in [1.807, 2.05) is 60.7 Å². The van der Waals surface area contributed by atoms with Gasteiger partial charge in [-0.05, 0) is 31.4 Å². The van der Waals surface area contributed by atoms with Crippen LogP contribution in [0.3, 0.4) is 0 Å². The largest absolute Gasteiger partial charge is 0.397 e. The second-order valence-electron chi connectivity index (χ2n) is 7.22. The quantitative estimate of drug-likeness (QED) is 0.355. The first kappa shape index (κ1) is 18.7. The average Bonchev–Trinajstić information content (AvgIpc) is 2.70. The molecule has 1 saturated carbocycles. The molecule has 1 aromatic heterocycles. The molecule has 6 N–H and O–H groups in total. The summed E-state index contributed by atoms with van der Waals surface area (Å²) in [5.41, 5.74) is 21.5. The fraction of sp³-hybridized carbons (Fsp3) is 0.174. The van der Waals surface area contributed by atoms with Crippen molar-refractivity contribution in [1.82, 2.24) is 4.98 Å². The molecule has 0 radical (unpaired) electrons. The Morgan fingerprint density at radius 1 is 0.966 bits per heavy atom. The van der Waals surface area contributed by atoms with E-state index in [2.05, 4.69) is 4.99 Å². The highest BCUT2D eigenvalue weighted by molar-refractivity contribution is 6.24. The highest BCUT2D eigenvalue weighted by atomic mass is 16.1. The Morgan fingerprint density at radius 3 is 2.34 bits per heavy atom. The van der Waals surface area contributed by atoms with Gasteiger partial charge in [0.25, 0.3) is 5.91 Å². The van der Waals surface area contributed by atoms with Crippen LogP contribution >= 0.6 is 0 Å². The van der Waals surface area contributed by atoms with Crippen molar-refractivity contribution in [2.75, 3.05) is 0 Å². The summed E-state index contributed by atoms with van der Waals surface area (Å²) in [6.07, 6.45) is 3.05. The molecule has 0 saturated heterocycles. The molecule has 146 valence electrons. The Labute approximate surface area is 169 Å². The third-order valence-electron chi connectivity index (χ3n) is 5.24. The van der Waals surface area contributed by atoms with Gasteiger partial charge in [0.2, 0.25) is 0 Å². The summed E-state index contributed by atoms with van der Waals surface area (Å²) < 4.78 is 0. The van der Waals surface area contributed by atoms with Crippen molar-refractivity contribution >= 4 is 28.3 Å². The second kappa shape index (κ2) is 7.75. The van der Waals surface area contributed by atoms with Crippen molar-refractivity contribution in [1.29, 1.82) is 0 Å². The number of nitrogens with zero attached hydrogens (tertiary/aromatic N) is 2. The number of pyridine rings is 1. The molecule has 0 spiro atoms. The van der Waals surface area contributed by atoms with Crippen molar-refractivity contribution in [3.8, 4) is 11.3 Å². The van der Waals surface area contributed by atoms with Crippen molar-refractivity contribution in [2.45, 2.75) is 25.3 Å². The van der Waals surface area contributed by atoms with E-state index in [1.54, 1.807) is 0 Å². The van der Waals surface area contributed by atoms with Gasteiger partial charge in [-0.1, -0.05) is 48.5 Å². The van der Waals surface area contributed by atoms with Crippen molar-refractivity contribution in [3.05, 3.63) is 71.8 Å². The van der Waals surface area contributed by atoms with Gasteiger partial charge in [-0.3, -0.25) is 9.79 Å². The zero-order chi connectivity index (χ0) is 20.4. The van der Waals surface area contributed by atoms with Gasteiger partial charge in [-0.25, -0.2) is 4.98 Å². The Hall–Kier alpha value is -3.67. The molecule has 6 heteroatoms. The van der Waals surface area contributed by atoms with Gasteiger partial charge in [0.1, 0.15) is 11.4 Å². The molecular weight excluding hydrogens is 362 g/mol. The predicted octanol–water partition coefficient (Wildman–Crippen LogP) is 2.97. The van der Waals surface area contributed by atoms with Crippen LogP contribution in [0.1, 0.15) is 24.8 Å². The van der Waals surface area contributed by atoms with E-state index in [4.69, 9.17) is 22.2 Å². The molecule has 1 fully saturated rings. The minimum absolute atomic E-state index is 0.0652. The van der Waals surface area contributed by atoms with Crippen LogP contribution in [0.5, 0.6) is 0 Å². The molecule has 0 bridgehead atoms. The predicted molar refractivity (Wildman–Crippen MR) is 117 cm³/mol. The Kier molecular flexibility index (Phi) is 4.99. The number of nitrogens with two attached hydrogens (primary N) is 3. The van der Waals surface area contributed by atoms with Crippen LogP contribution in [-0.2, 0) is 4.79 Å². The first-order valence-electron chi connectivity index (χ1n) is 9.63. The van der Waals surface area contributed by atoms with E-state index in [0.29, 0.717) is 5.56 Å². The number of amides is 1. The molecule has 0 aliphatic heterocycles. The molecule has 0 atom stereocenters. The van der Waals surface area contributed by atoms with Gasteiger partial charge in [-0.2, -0.15) is 0 Å². The van der Waals surface area contributed by atoms with Gasteiger partial charge in [-0.15, -0.1) is 0 Å². The van der Waals surface area contributed by atoms with Crippen LogP contribution in [0.15, 0.2) is 71.2 Å². The van der Waals surface area contributed by atoms with Crippen LogP contribution in [0.25, 0.3) is 27.9 Å². The van der Waals surface area contributed by atoms with Gasteiger partial charge in [0, 0.05) is 16.5 Å². The summed E-state index contributed by atoms with van der Waals surface area (Å²) in [6.45, 7) is 0. The van der Waals surface area contributed by atoms with Crippen molar-refractivity contribution < 1.29 is 4.79 Å². The fourth-order valence-corrected chi connectivity index (χ4v) is 3.37. The van der Waals surface area contributed by atoms with Gasteiger partial charge < -0.3 is 17.2 Å². The molecule has 0 unspecified atom stereocenters. The number of benzene rings is 2. The number of fused-ring (bicyclic) bond motifs is 1. The van der Waals surface area contributed by atoms with Crippen LogP contribution in [0, 0.1) is 0 Å². The van der Waals surface area contributed by atoms with Crippen LogP contribution in [0.4, 0.5) is 0 Å². The van der Waals surface area contributed by atoms with Crippen LogP contribution in [0.2, 0.25) is 0 Å². The van der Waals surface area contributed by atoms with E-state index in [9.17, 15) is 4.79 Å². The maximum Gasteiger partial charge on any atom is 0.254 e. The molecule has 6 nitrogen and oxygen atoms in total. The monoisotopic (exact) mass is 385 g/mol. The van der Waals surface area contributed by atoms with E-state index < -0.39 is 5.91 Å². The summed E-state index contributed by atoms with van der Waals surface area (Å²) in [7, 11) is 0. The molecule has 1 aliphatic carbocycles. The van der Waals surface area contributed by atoms with Crippen LogP contribution in [-0.4, -0.2) is 22.8 Å². The van der Waals surface area contributed by atoms with Crippen LogP contribution < -0.4 is 17.2 Å². The first-order chi connectivity index (χ1) is 14.0. The minimum Gasteiger partial charge on any atom is -0.397 e. The number of primary amides is 1. The summed E-state index contributed by atoms with van der Waals surface area (Å²) >= 11 is 0. The van der Waals surface area contributed by atoms with Gasteiger partial charge in [0.05, 0.1) is 22.9 Å². The number of amidine groups is 1. The SMILES string of the molecule is NC(=O)/C(C(N)=NC1CCC1)=C(/N)c1ccc2ccc(-c3ccccc3)nc2c1. The lowest BCUT2D eigenvalue weighted by atomic mass is 9.93. The Morgan fingerprint density at radius 2 is 1.69 bits per heavy atom. The normalized spacial score (nSPS) is 15.7. The molecule has 3 aromatic rings.